The van der Waals surface area contributed by atoms with Crippen molar-refractivity contribution in [2.75, 3.05) is 36.1 Å². The van der Waals surface area contributed by atoms with E-state index in [0.717, 1.165) is 35.2 Å². The molecule has 3 fully saturated rings. The number of nitrogens with zero attached hydrogens (tertiary/aromatic N) is 6. The number of nitrogens with two attached hydrogens (primary N) is 1. The highest BCUT2D eigenvalue weighted by Crippen LogP contribution is 2.44. The van der Waals surface area contributed by atoms with E-state index in [1.165, 1.54) is 0 Å². The van der Waals surface area contributed by atoms with E-state index in [1.807, 2.05) is 29.9 Å². The number of anilines is 1. The van der Waals surface area contributed by atoms with Gasteiger partial charge in [0.25, 0.3) is 0 Å². The van der Waals surface area contributed by atoms with E-state index in [-0.39, 0.29) is 29.5 Å². The predicted octanol–water partition coefficient (Wildman–Crippen LogP) is 3.66. The number of fused-ring (bicyclic) bond motifs is 1. The van der Waals surface area contributed by atoms with Gasteiger partial charge in [-0.3, -0.25) is 13.7 Å². The molecule has 2 aliphatic carbocycles. The zero-order valence-electron chi connectivity index (χ0n) is 23.1. The summed E-state index contributed by atoms with van der Waals surface area (Å²) in [5.74, 6) is -3.25. The molecular formula is C28H32F3N7O3S. The second-order valence-electron chi connectivity index (χ2n) is 11.3. The molecule has 0 bridgehead atoms. The van der Waals surface area contributed by atoms with Crippen LogP contribution < -0.4 is 10.6 Å². The van der Waals surface area contributed by atoms with Crippen LogP contribution in [0.5, 0.6) is 0 Å². The Morgan fingerprint density at radius 1 is 1.19 bits per heavy atom. The first-order valence-electron chi connectivity index (χ1n) is 14.1. The average molecular weight is 604 g/mol. The number of aryl methyl sites for hydroxylation is 1. The number of aromatic nitrogens is 5. The molecule has 10 nitrogen and oxygen atoms in total. The maximum Gasteiger partial charge on any atom is 0.302 e. The van der Waals surface area contributed by atoms with E-state index >= 15 is 0 Å². The van der Waals surface area contributed by atoms with Crippen molar-refractivity contribution in [1.29, 1.82) is 0 Å². The molecule has 0 aromatic carbocycles. The lowest BCUT2D eigenvalue weighted by molar-refractivity contribution is -0.126. The molecule has 1 aliphatic heterocycles. The number of pyridine rings is 1. The quantitative estimate of drug-likeness (QED) is 0.369. The third-order valence-corrected chi connectivity index (χ3v) is 9.44. The van der Waals surface area contributed by atoms with Crippen molar-refractivity contribution in [3.8, 4) is 0 Å². The second-order valence-corrected chi connectivity index (χ2v) is 12.8. The Hall–Kier alpha value is -3.23. The summed E-state index contributed by atoms with van der Waals surface area (Å²) in [6.45, 7) is 3.58. The minimum absolute atomic E-state index is 0.0416. The third-order valence-electron chi connectivity index (χ3n) is 8.13. The smallest absolute Gasteiger partial charge is 0.302 e. The Morgan fingerprint density at radius 3 is 2.71 bits per heavy atom. The van der Waals surface area contributed by atoms with Crippen molar-refractivity contribution in [3.05, 3.63) is 53.4 Å². The molecule has 6 rings (SSSR count). The van der Waals surface area contributed by atoms with Gasteiger partial charge in [0.1, 0.15) is 6.10 Å². The van der Waals surface area contributed by atoms with Gasteiger partial charge in [0.15, 0.2) is 17.3 Å². The number of hydrogen-bond acceptors (Lipinski definition) is 9. The normalized spacial score (nSPS) is 23.8. The largest absolute Gasteiger partial charge is 0.370 e. The van der Waals surface area contributed by atoms with Gasteiger partial charge in [0.05, 0.1) is 42.9 Å². The molecule has 3 aromatic heterocycles. The van der Waals surface area contributed by atoms with Crippen LogP contribution in [0.1, 0.15) is 60.7 Å². The first-order valence-corrected chi connectivity index (χ1v) is 15.5. The van der Waals surface area contributed by atoms with Gasteiger partial charge in [-0.15, -0.1) is 0 Å². The number of morpholine rings is 1. The summed E-state index contributed by atoms with van der Waals surface area (Å²) in [5.41, 5.74) is 9.18. The topological polar surface area (TPSA) is 129 Å². The van der Waals surface area contributed by atoms with Crippen LogP contribution in [0.25, 0.3) is 11.0 Å². The molecule has 14 heteroatoms. The van der Waals surface area contributed by atoms with Gasteiger partial charge in [-0.25, -0.2) is 14.4 Å². The summed E-state index contributed by atoms with van der Waals surface area (Å²) in [6.07, 6.45) is 4.51. The van der Waals surface area contributed by atoms with Crippen LogP contribution in [-0.2, 0) is 20.3 Å². The number of ether oxygens (including phenoxy) is 1. The van der Waals surface area contributed by atoms with Crippen molar-refractivity contribution in [2.45, 2.75) is 56.7 Å². The molecule has 3 atom stereocenters. The fourth-order valence-corrected chi connectivity index (χ4v) is 6.65. The monoisotopic (exact) mass is 603 g/mol. The van der Waals surface area contributed by atoms with Crippen molar-refractivity contribution in [2.24, 2.45) is 11.7 Å². The van der Waals surface area contributed by atoms with Crippen LogP contribution in [0.15, 0.2) is 36.4 Å². The van der Waals surface area contributed by atoms with Crippen LogP contribution >= 0.6 is 0 Å². The molecule has 0 amide bonds. The van der Waals surface area contributed by atoms with Crippen molar-refractivity contribution in [1.82, 2.24) is 24.7 Å². The number of halogens is 3. The number of rotatable bonds is 10. The van der Waals surface area contributed by atoms with Gasteiger partial charge in [-0.2, -0.15) is 18.9 Å². The SMILES string of the molecule is Cc1ccc2c(C3CC(C(=O)[C@@H](N)CS(=O)CC(F)=C(F)F)C3)nc(N3CCO[C@@H](c4cnn(C5CC5)c4)C3)nc2n1. The lowest BCUT2D eigenvalue weighted by atomic mass is 9.69. The third kappa shape index (κ3) is 6.11. The van der Waals surface area contributed by atoms with Crippen LogP contribution in [0.4, 0.5) is 19.1 Å². The van der Waals surface area contributed by atoms with Crippen molar-refractivity contribution < 1.29 is 26.9 Å². The standard InChI is InChI=1S/C28H32F3N7O3S/c1-15-2-5-20-24(16-8-17(9-16)25(39)22(32)14-42(40)13-21(29)26(30)31)35-28(36-27(20)34-15)37-6-7-41-23(12-37)18-10-33-38(11-18)19-3-4-19/h2,5,10-11,16-17,19,22-23H,3-4,6-9,12-14,32H2,1H3/t16?,17?,22-,23+,42?/m0/s1. The molecule has 1 unspecified atom stereocenters. The Labute approximate surface area is 243 Å². The first-order chi connectivity index (χ1) is 20.2. The highest BCUT2D eigenvalue weighted by Gasteiger charge is 2.40. The Morgan fingerprint density at radius 2 is 1.98 bits per heavy atom. The average Bonchev–Trinajstić information content (AvgIpc) is 3.67. The zero-order chi connectivity index (χ0) is 29.5. The van der Waals surface area contributed by atoms with Gasteiger partial charge in [0, 0.05) is 57.8 Å². The van der Waals surface area contributed by atoms with E-state index in [2.05, 4.69) is 21.2 Å². The minimum Gasteiger partial charge on any atom is -0.370 e. The first kappa shape index (κ1) is 28.9. The Bertz CT molecular complexity index is 1550. The number of hydrogen-bond donors (Lipinski definition) is 1. The van der Waals surface area contributed by atoms with Crippen LogP contribution in [0, 0.1) is 12.8 Å². The van der Waals surface area contributed by atoms with Crippen LogP contribution in [0.3, 0.4) is 0 Å². The van der Waals surface area contributed by atoms with E-state index < -0.39 is 34.5 Å². The summed E-state index contributed by atoms with van der Waals surface area (Å²) in [4.78, 5) is 29.4. The molecule has 224 valence electrons. The highest BCUT2D eigenvalue weighted by molar-refractivity contribution is 7.85. The maximum atomic E-state index is 13.1. The fraction of sp³-hybridized carbons (Fsp3) is 0.536. The molecule has 2 saturated carbocycles. The van der Waals surface area contributed by atoms with Crippen molar-refractivity contribution >= 4 is 33.6 Å². The Balaban J connectivity index is 1.16. The van der Waals surface area contributed by atoms with Crippen molar-refractivity contribution in [3.63, 3.8) is 0 Å². The summed E-state index contributed by atoms with van der Waals surface area (Å²) in [7, 11) is -2.01. The van der Waals surface area contributed by atoms with Gasteiger partial charge < -0.3 is 15.4 Å². The highest BCUT2D eigenvalue weighted by atomic mass is 32.2. The summed E-state index contributed by atoms with van der Waals surface area (Å²) < 4.78 is 57.9. The van der Waals surface area contributed by atoms with Gasteiger partial charge >= 0.3 is 6.08 Å². The van der Waals surface area contributed by atoms with Gasteiger partial charge in [0.2, 0.25) is 5.95 Å². The molecule has 4 heterocycles. The Kier molecular flexibility index (Phi) is 8.11. The zero-order valence-corrected chi connectivity index (χ0v) is 23.9. The minimum atomic E-state index is -2.51. The molecule has 3 aromatic rings. The summed E-state index contributed by atoms with van der Waals surface area (Å²) in [5, 5.41) is 5.32. The fourth-order valence-electron chi connectivity index (χ4n) is 5.57. The lowest BCUT2D eigenvalue weighted by Gasteiger charge is -2.37. The van der Waals surface area contributed by atoms with E-state index in [4.69, 9.17) is 20.4 Å². The number of carbonyl (C=O) groups is 1. The molecule has 0 spiro atoms. The lowest BCUT2D eigenvalue weighted by Crippen LogP contribution is -2.44. The number of carbonyl (C=O) groups excluding carboxylic acids is 1. The summed E-state index contributed by atoms with van der Waals surface area (Å²) in [6, 6.07) is 3.21. The van der Waals surface area contributed by atoms with E-state index in [1.54, 1.807) is 0 Å². The molecule has 0 radical (unpaired) electrons. The molecular weight excluding hydrogens is 571 g/mol. The van der Waals surface area contributed by atoms with Gasteiger partial charge in [-0.05, 0) is 44.7 Å². The second kappa shape index (κ2) is 11.8. The maximum absolute atomic E-state index is 13.1. The molecule has 2 N–H and O–H groups in total. The van der Waals surface area contributed by atoms with Crippen LogP contribution in [-0.4, -0.2) is 72.0 Å². The van der Waals surface area contributed by atoms with Gasteiger partial charge in [-0.1, -0.05) is 0 Å². The van der Waals surface area contributed by atoms with Crippen LogP contribution in [0.2, 0.25) is 0 Å². The molecule has 1 saturated heterocycles. The van der Waals surface area contributed by atoms with E-state index in [9.17, 15) is 22.2 Å². The molecule has 3 aliphatic rings. The number of ketones is 1. The number of Topliss-reactive ketones (excluding diaryl/α,β-unsaturated/α-hetero) is 1. The van der Waals surface area contributed by atoms with E-state index in [0.29, 0.717) is 50.2 Å². The molecule has 42 heavy (non-hydrogen) atoms. The summed E-state index contributed by atoms with van der Waals surface area (Å²) >= 11 is 0. The predicted molar refractivity (Wildman–Crippen MR) is 150 cm³/mol.